The molecule has 1 heterocycles. The third-order valence-corrected chi connectivity index (χ3v) is 3.70. The highest BCUT2D eigenvalue weighted by Crippen LogP contribution is 2.16. The Kier molecular flexibility index (Phi) is 4.72. The van der Waals surface area contributed by atoms with Crippen molar-refractivity contribution in [1.29, 1.82) is 0 Å². The summed E-state index contributed by atoms with van der Waals surface area (Å²) in [4.78, 5) is 0. The van der Waals surface area contributed by atoms with Gasteiger partial charge in [-0.15, -0.1) is 0 Å². The summed E-state index contributed by atoms with van der Waals surface area (Å²) < 4.78 is 12.9. The van der Waals surface area contributed by atoms with Gasteiger partial charge in [0.1, 0.15) is 5.82 Å². The van der Waals surface area contributed by atoms with Crippen LogP contribution in [0, 0.1) is 5.82 Å². The van der Waals surface area contributed by atoms with E-state index >= 15 is 0 Å². The van der Waals surface area contributed by atoms with Crippen molar-refractivity contribution in [3.63, 3.8) is 0 Å². The van der Waals surface area contributed by atoms with E-state index in [4.69, 9.17) is 0 Å². The largest absolute Gasteiger partial charge is 0.314 e. The Morgan fingerprint density at radius 2 is 2.06 bits per heavy atom. The average Bonchev–Trinajstić information content (AvgIpc) is 2.82. The average molecular weight is 250 g/mol. The molecule has 1 fully saturated rings. The zero-order valence-corrected chi connectivity index (χ0v) is 11.2. The van der Waals surface area contributed by atoms with E-state index in [1.54, 1.807) is 0 Å². The zero-order valence-electron chi connectivity index (χ0n) is 11.2. The highest BCUT2D eigenvalue weighted by Gasteiger charge is 2.18. The molecule has 100 valence electrons. The first-order valence-corrected chi connectivity index (χ1v) is 6.90. The summed E-state index contributed by atoms with van der Waals surface area (Å²) in [5.74, 6) is -0.172. The highest BCUT2D eigenvalue weighted by atomic mass is 19.1. The molecule has 1 aromatic carbocycles. The minimum Gasteiger partial charge on any atom is -0.314 e. The maximum Gasteiger partial charge on any atom is 0.123 e. The summed E-state index contributed by atoms with van der Waals surface area (Å²) in [6, 6.07) is 8.16. The SMILES string of the molecule is CC(CC1CCCN1)N[C@@H](C)c1ccc(F)cc1. The number of halogens is 1. The maximum absolute atomic E-state index is 12.9. The molecule has 2 unspecified atom stereocenters. The number of hydrogen-bond donors (Lipinski definition) is 2. The van der Waals surface area contributed by atoms with E-state index in [-0.39, 0.29) is 11.9 Å². The van der Waals surface area contributed by atoms with Crippen molar-refractivity contribution in [3.8, 4) is 0 Å². The molecule has 3 heteroatoms. The van der Waals surface area contributed by atoms with Gasteiger partial charge in [-0.1, -0.05) is 12.1 Å². The molecule has 3 atom stereocenters. The van der Waals surface area contributed by atoms with Crippen LogP contribution >= 0.6 is 0 Å². The molecule has 0 saturated carbocycles. The Bertz CT molecular complexity index is 357. The molecule has 2 N–H and O–H groups in total. The molecule has 1 aromatic rings. The van der Waals surface area contributed by atoms with E-state index in [1.807, 2.05) is 12.1 Å². The lowest BCUT2D eigenvalue weighted by molar-refractivity contribution is 0.407. The molecule has 0 bridgehead atoms. The topological polar surface area (TPSA) is 24.1 Å². The number of rotatable bonds is 5. The van der Waals surface area contributed by atoms with Gasteiger partial charge >= 0.3 is 0 Å². The van der Waals surface area contributed by atoms with E-state index in [0.717, 1.165) is 18.5 Å². The van der Waals surface area contributed by atoms with Crippen LogP contribution in [0.1, 0.15) is 44.7 Å². The lowest BCUT2D eigenvalue weighted by Crippen LogP contribution is -2.35. The van der Waals surface area contributed by atoms with Gasteiger partial charge in [0.05, 0.1) is 0 Å². The Balaban J connectivity index is 1.82. The van der Waals surface area contributed by atoms with E-state index in [2.05, 4.69) is 24.5 Å². The van der Waals surface area contributed by atoms with Crippen LogP contribution in [0.4, 0.5) is 4.39 Å². The predicted octanol–water partition coefficient (Wildman–Crippen LogP) is 3.01. The first kappa shape index (κ1) is 13.5. The third kappa shape index (κ3) is 3.79. The van der Waals surface area contributed by atoms with Crippen LogP contribution < -0.4 is 10.6 Å². The number of hydrogen-bond acceptors (Lipinski definition) is 2. The molecule has 2 rings (SSSR count). The van der Waals surface area contributed by atoms with Crippen molar-refractivity contribution in [2.45, 2.75) is 51.2 Å². The summed E-state index contributed by atoms with van der Waals surface area (Å²) in [5.41, 5.74) is 1.14. The van der Waals surface area contributed by atoms with Gasteiger partial charge in [-0.05, 0) is 57.4 Å². The Morgan fingerprint density at radius 1 is 1.33 bits per heavy atom. The molecule has 0 amide bonds. The van der Waals surface area contributed by atoms with Gasteiger partial charge in [-0.2, -0.15) is 0 Å². The normalized spacial score (nSPS) is 22.9. The smallest absolute Gasteiger partial charge is 0.123 e. The summed E-state index contributed by atoms with van der Waals surface area (Å²) in [6.45, 7) is 5.51. The molecule has 18 heavy (non-hydrogen) atoms. The maximum atomic E-state index is 12.9. The molecular formula is C15H23FN2. The monoisotopic (exact) mass is 250 g/mol. The number of benzene rings is 1. The van der Waals surface area contributed by atoms with Crippen LogP contribution in [0.3, 0.4) is 0 Å². The van der Waals surface area contributed by atoms with Crippen molar-refractivity contribution >= 4 is 0 Å². The Labute approximate surface area is 109 Å². The van der Waals surface area contributed by atoms with E-state index in [9.17, 15) is 4.39 Å². The van der Waals surface area contributed by atoms with Crippen LogP contribution in [0.2, 0.25) is 0 Å². The van der Waals surface area contributed by atoms with Gasteiger partial charge in [-0.25, -0.2) is 4.39 Å². The Hall–Kier alpha value is -0.930. The third-order valence-electron chi connectivity index (χ3n) is 3.70. The fraction of sp³-hybridized carbons (Fsp3) is 0.600. The van der Waals surface area contributed by atoms with Crippen LogP contribution in [0.25, 0.3) is 0 Å². The molecular weight excluding hydrogens is 227 g/mol. The summed E-state index contributed by atoms with van der Waals surface area (Å²) in [5, 5.41) is 7.10. The predicted molar refractivity (Wildman–Crippen MR) is 73.1 cm³/mol. The highest BCUT2D eigenvalue weighted by molar-refractivity contribution is 5.19. The van der Waals surface area contributed by atoms with Crippen LogP contribution in [-0.2, 0) is 0 Å². The first-order valence-electron chi connectivity index (χ1n) is 6.90. The molecule has 2 nitrogen and oxygen atoms in total. The summed E-state index contributed by atoms with van der Waals surface area (Å²) in [7, 11) is 0. The fourth-order valence-corrected chi connectivity index (χ4v) is 2.73. The molecule has 0 aliphatic carbocycles. The minimum absolute atomic E-state index is 0.172. The Morgan fingerprint density at radius 3 is 2.67 bits per heavy atom. The van der Waals surface area contributed by atoms with Gasteiger partial charge in [0.2, 0.25) is 0 Å². The lowest BCUT2D eigenvalue weighted by Gasteiger charge is -2.23. The van der Waals surface area contributed by atoms with Crippen LogP contribution in [-0.4, -0.2) is 18.6 Å². The fourth-order valence-electron chi connectivity index (χ4n) is 2.73. The molecule has 1 saturated heterocycles. The summed E-state index contributed by atoms with van der Waals surface area (Å²) >= 11 is 0. The van der Waals surface area contributed by atoms with Crippen molar-refractivity contribution in [2.75, 3.05) is 6.54 Å². The number of nitrogens with one attached hydrogen (secondary N) is 2. The minimum atomic E-state index is -0.172. The molecule has 0 aromatic heterocycles. The summed E-state index contributed by atoms with van der Waals surface area (Å²) in [6.07, 6.45) is 3.74. The van der Waals surface area contributed by atoms with Crippen molar-refractivity contribution in [3.05, 3.63) is 35.6 Å². The van der Waals surface area contributed by atoms with Crippen LogP contribution in [0.5, 0.6) is 0 Å². The quantitative estimate of drug-likeness (QED) is 0.839. The first-order chi connectivity index (χ1) is 8.65. The van der Waals surface area contributed by atoms with Crippen molar-refractivity contribution in [2.24, 2.45) is 0 Å². The van der Waals surface area contributed by atoms with Gasteiger partial charge < -0.3 is 10.6 Å². The second-order valence-corrected chi connectivity index (χ2v) is 5.37. The second kappa shape index (κ2) is 6.30. The van der Waals surface area contributed by atoms with Gasteiger partial charge in [0.25, 0.3) is 0 Å². The lowest BCUT2D eigenvalue weighted by atomic mass is 10.0. The van der Waals surface area contributed by atoms with Gasteiger partial charge in [-0.3, -0.25) is 0 Å². The molecule has 0 spiro atoms. The molecule has 1 aliphatic heterocycles. The van der Waals surface area contributed by atoms with E-state index in [0.29, 0.717) is 12.1 Å². The second-order valence-electron chi connectivity index (χ2n) is 5.37. The van der Waals surface area contributed by atoms with Gasteiger partial charge in [0.15, 0.2) is 0 Å². The van der Waals surface area contributed by atoms with Gasteiger partial charge in [0, 0.05) is 18.1 Å². The zero-order chi connectivity index (χ0) is 13.0. The standard InChI is InChI=1S/C15H23FN2/c1-11(10-15-4-3-9-17-15)18-12(2)13-5-7-14(16)8-6-13/h5-8,11-12,15,17-18H,3-4,9-10H2,1-2H3/t11?,12-,15?/m0/s1. The molecule has 1 aliphatic rings. The van der Waals surface area contributed by atoms with Crippen LogP contribution in [0.15, 0.2) is 24.3 Å². The molecule has 0 radical (unpaired) electrons. The van der Waals surface area contributed by atoms with Crippen molar-refractivity contribution < 1.29 is 4.39 Å². The van der Waals surface area contributed by atoms with E-state index in [1.165, 1.54) is 25.0 Å². The van der Waals surface area contributed by atoms with E-state index < -0.39 is 0 Å². The van der Waals surface area contributed by atoms with Crippen molar-refractivity contribution in [1.82, 2.24) is 10.6 Å².